The topological polar surface area (TPSA) is 57.2 Å². The Labute approximate surface area is 152 Å². The molecule has 0 aliphatic heterocycles. The summed E-state index contributed by atoms with van der Waals surface area (Å²) in [7, 11) is -4.35. The smallest absolute Gasteiger partial charge is 0.124 e. The molecule has 5 heteroatoms. The zero-order chi connectivity index (χ0) is 16.3. The van der Waals surface area contributed by atoms with Gasteiger partial charge < -0.3 is 4.55 Å². The molecule has 0 saturated heterocycles. The maximum atomic E-state index is 11.2. The third-order valence-electron chi connectivity index (χ3n) is 4.04. The van der Waals surface area contributed by atoms with E-state index in [4.69, 9.17) is 0 Å². The molecule has 0 aliphatic rings. The molecule has 1 aromatic rings. The molecule has 0 fully saturated rings. The Morgan fingerprint density at radius 3 is 1.83 bits per heavy atom. The van der Waals surface area contributed by atoms with Crippen LogP contribution in [-0.2, 0) is 33.6 Å². The minimum absolute atomic E-state index is 0. The Balaban J connectivity index is 0.00000484. The van der Waals surface area contributed by atoms with E-state index < -0.39 is 10.1 Å². The minimum atomic E-state index is -4.35. The molecule has 0 heterocycles. The summed E-state index contributed by atoms with van der Waals surface area (Å²) in [5, 5.41) is 0. The molecular weight excluding hydrogens is 352 g/mol. The van der Waals surface area contributed by atoms with Crippen LogP contribution in [0.3, 0.4) is 0 Å². The number of benzene rings is 1. The summed E-state index contributed by atoms with van der Waals surface area (Å²) in [4.78, 5) is -0.0501. The maximum Gasteiger partial charge on any atom is 0.124 e. The fraction of sp³-hybridized carbons (Fsp3) is 0.667. The van der Waals surface area contributed by atoms with Crippen LogP contribution in [0.15, 0.2) is 29.2 Å². The second-order valence-electron chi connectivity index (χ2n) is 5.99. The van der Waals surface area contributed by atoms with Gasteiger partial charge in [-0.2, -0.15) is 0 Å². The van der Waals surface area contributed by atoms with Gasteiger partial charge in [0.2, 0.25) is 0 Å². The van der Waals surface area contributed by atoms with E-state index in [1.54, 1.807) is 18.2 Å². The number of hydrogen-bond donors (Lipinski definition) is 0. The molecular formula is C18H29FeO3S-. The van der Waals surface area contributed by atoms with Crippen molar-refractivity contribution in [2.24, 2.45) is 0 Å². The van der Waals surface area contributed by atoms with Gasteiger partial charge in [-0.1, -0.05) is 82.9 Å². The van der Waals surface area contributed by atoms with Crippen LogP contribution in [0.25, 0.3) is 0 Å². The average Bonchev–Trinajstić information content (AvgIpc) is 2.48. The third kappa shape index (κ3) is 10.2. The van der Waals surface area contributed by atoms with Gasteiger partial charge in [0.25, 0.3) is 0 Å². The van der Waals surface area contributed by atoms with Crippen LogP contribution >= 0.6 is 0 Å². The van der Waals surface area contributed by atoms with E-state index in [-0.39, 0.29) is 22.0 Å². The second kappa shape index (κ2) is 13.0. The van der Waals surface area contributed by atoms with E-state index in [0.29, 0.717) is 12.0 Å². The van der Waals surface area contributed by atoms with E-state index in [9.17, 15) is 13.0 Å². The van der Waals surface area contributed by atoms with Crippen LogP contribution < -0.4 is 0 Å². The first-order chi connectivity index (χ1) is 10.6. The summed E-state index contributed by atoms with van der Waals surface area (Å²) < 4.78 is 33.5. The normalized spacial score (nSPS) is 11.2. The van der Waals surface area contributed by atoms with Crippen molar-refractivity contribution in [3.8, 4) is 0 Å². The van der Waals surface area contributed by atoms with E-state index >= 15 is 0 Å². The van der Waals surface area contributed by atoms with Gasteiger partial charge in [-0.15, -0.1) is 0 Å². The van der Waals surface area contributed by atoms with Gasteiger partial charge in [0.15, 0.2) is 0 Å². The van der Waals surface area contributed by atoms with Crippen LogP contribution in [0.2, 0.25) is 0 Å². The Hall–Kier alpha value is -0.351. The van der Waals surface area contributed by atoms with Crippen LogP contribution in [-0.4, -0.2) is 13.0 Å². The fourth-order valence-corrected chi connectivity index (χ4v) is 3.49. The molecule has 1 rings (SSSR count). The van der Waals surface area contributed by atoms with E-state index in [1.807, 2.05) is 0 Å². The minimum Gasteiger partial charge on any atom is -0.744 e. The van der Waals surface area contributed by atoms with Crippen molar-refractivity contribution in [2.45, 2.75) is 82.4 Å². The van der Waals surface area contributed by atoms with E-state index in [0.717, 1.165) is 12.8 Å². The first-order valence-electron chi connectivity index (χ1n) is 8.59. The summed E-state index contributed by atoms with van der Waals surface area (Å²) in [6, 6.07) is 6.56. The molecule has 0 bridgehead atoms. The number of rotatable bonds is 12. The molecule has 0 atom stereocenters. The molecule has 0 saturated carbocycles. The Morgan fingerprint density at radius 2 is 1.30 bits per heavy atom. The van der Waals surface area contributed by atoms with Crippen molar-refractivity contribution in [1.82, 2.24) is 0 Å². The molecule has 0 N–H and O–H groups in total. The van der Waals surface area contributed by atoms with Crippen molar-refractivity contribution in [1.29, 1.82) is 0 Å². The van der Waals surface area contributed by atoms with Crippen LogP contribution in [0.5, 0.6) is 0 Å². The van der Waals surface area contributed by atoms with Crippen molar-refractivity contribution < 1.29 is 30.0 Å². The van der Waals surface area contributed by atoms with Crippen LogP contribution in [0.1, 0.15) is 76.7 Å². The summed E-state index contributed by atoms with van der Waals surface area (Å²) in [5.41, 5.74) is 0.664. The summed E-state index contributed by atoms with van der Waals surface area (Å²) in [6.45, 7) is 2.23. The number of hydrogen-bond acceptors (Lipinski definition) is 3. The van der Waals surface area contributed by atoms with Gasteiger partial charge in [0, 0.05) is 17.1 Å². The number of aryl methyl sites for hydroxylation is 1. The van der Waals surface area contributed by atoms with Crippen LogP contribution in [0.4, 0.5) is 0 Å². The van der Waals surface area contributed by atoms with Crippen molar-refractivity contribution in [2.75, 3.05) is 0 Å². The molecule has 0 unspecified atom stereocenters. The predicted octanol–water partition coefficient (Wildman–Crippen LogP) is 5.05. The monoisotopic (exact) mass is 381 g/mol. The van der Waals surface area contributed by atoms with E-state index in [1.165, 1.54) is 57.4 Å². The Bertz CT molecular complexity index is 515. The maximum absolute atomic E-state index is 11.2. The molecule has 134 valence electrons. The molecule has 0 radical (unpaired) electrons. The second-order valence-corrected chi connectivity index (χ2v) is 7.34. The SMILES string of the molecule is CCCCCCCCCCCCc1ccccc1S(=O)(=O)[O-].[Fe]. The van der Waals surface area contributed by atoms with Gasteiger partial charge in [-0.25, -0.2) is 8.42 Å². The summed E-state index contributed by atoms with van der Waals surface area (Å²) in [5.74, 6) is 0. The van der Waals surface area contributed by atoms with Gasteiger partial charge in [0.05, 0.1) is 4.90 Å². The average molecular weight is 381 g/mol. The quantitative estimate of drug-likeness (QED) is 0.289. The molecule has 0 amide bonds. The zero-order valence-corrected chi connectivity index (χ0v) is 16.0. The van der Waals surface area contributed by atoms with Crippen molar-refractivity contribution >= 4 is 10.1 Å². The first kappa shape index (κ1) is 22.6. The van der Waals surface area contributed by atoms with Gasteiger partial charge in [0.1, 0.15) is 10.1 Å². The van der Waals surface area contributed by atoms with Gasteiger partial charge in [-0.05, 0) is 24.5 Å². The standard InChI is InChI=1S/C18H30O3S.Fe/c1-2-3-4-5-6-7-8-9-10-11-14-17-15-12-13-16-18(17)22(19,20)21;/h12-13,15-16H,2-11,14H2,1H3,(H,19,20,21);/p-1. The third-order valence-corrected chi connectivity index (χ3v) is 4.98. The van der Waals surface area contributed by atoms with Crippen molar-refractivity contribution in [3.63, 3.8) is 0 Å². The fourth-order valence-electron chi connectivity index (χ4n) is 2.76. The summed E-state index contributed by atoms with van der Waals surface area (Å²) >= 11 is 0. The van der Waals surface area contributed by atoms with Crippen LogP contribution in [0, 0.1) is 0 Å². The Kier molecular flexibility index (Phi) is 12.8. The first-order valence-corrected chi connectivity index (χ1v) is 10.0. The molecule has 0 aromatic heterocycles. The molecule has 23 heavy (non-hydrogen) atoms. The summed E-state index contributed by atoms with van der Waals surface area (Å²) in [6.07, 6.45) is 13.2. The molecule has 3 nitrogen and oxygen atoms in total. The van der Waals surface area contributed by atoms with E-state index in [2.05, 4.69) is 6.92 Å². The van der Waals surface area contributed by atoms with Crippen molar-refractivity contribution in [3.05, 3.63) is 29.8 Å². The molecule has 0 aliphatic carbocycles. The predicted molar refractivity (Wildman–Crippen MR) is 90.0 cm³/mol. The van der Waals surface area contributed by atoms with Gasteiger partial charge in [-0.3, -0.25) is 0 Å². The largest absolute Gasteiger partial charge is 0.744 e. The molecule has 0 spiro atoms. The Morgan fingerprint density at radius 1 is 0.826 bits per heavy atom. The molecule has 1 aromatic carbocycles. The zero-order valence-electron chi connectivity index (χ0n) is 14.1. The van der Waals surface area contributed by atoms with Gasteiger partial charge >= 0.3 is 0 Å². The number of unbranched alkanes of at least 4 members (excludes halogenated alkanes) is 9.